The van der Waals surface area contributed by atoms with Crippen LogP contribution in [0.2, 0.25) is 0 Å². The SMILES string of the molecule is CC1(C)S[C@@H]2[C@H](OC(=O)NC(=O)Cc3ccccc3)C(=O)N2[C@@]1(Cc1ccccc1)C(=O)O. The number of thioether (sulfide) groups is 1. The van der Waals surface area contributed by atoms with Crippen molar-refractivity contribution in [1.82, 2.24) is 10.2 Å². The monoisotopic (exact) mass is 468 g/mol. The van der Waals surface area contributed by atoms with Gasteiger partial charge in [-0.1, -0.05) is 60.7 Å². The summed E-state index contributed by atoms with van der Waals surface area (Å²) in [5.41, 5.74) is 0.0184. The highest BCUT2D eigenvalue weighted by Gasteiger charge is 2.73. The largest absolute Gasteiger partial charge is 0.479 e. The van der Waals surface area contributed by atoms with Crippen LogP contribution in [0.5, 0.6) is 0 Å². The van der Waals surface area contributed by atoms with Crippen molar-refractivity contribution in [2.45, 2.75) is 48.5 Å². The van der Waals surface area contributed by atoms with Gasteiger partial charge in [0.25, 0.3) is 5.91 Å². The minimum absolute atomic E-state index is 0.00884. The first-order chi connectivity index (χ1) is 15.7. The van der Waals surface area contributed by atoms with Crippen molar-refractivity contribution < 1.29 is 29.0 Å². The number of fused-ring (bicyclic) bond motifs is 1. The van der Waals surface area contributed by atoms with Gasteiger partial charge in [0.15, 0.2) is 5.54 Å². The fourth-order valence-electron chi connectivity index (χ4n) is 4.47. The molecule has 0 radical (unpaired) electrons. The Labute approximate surface area is 195 Å². The molecule has 3 amide bonds. The molecular weight excluding hydrogens is 444 g/mol. The summed E-state index contributed by atoms with van der Waals surface area (Å²) in [6.45, 7) is 3.56. The molecule has 9 heteroatoms. The van der Waals surface area contributed by atoms with E-state index in [2.05, 4.69) is 5.32 Å². The smallest absolute Gasteiger partial charge is 0.414 e. The molecular formula is C24H24N2O6S. The number of nitrogens with zero attached hydrogens (tertiary/aromatic N) is 1. The van der Waals surface area contributed by atoms with E-state index >= 15 is 0 Å². The molecule has 2 N–H and O–H groups in total. The van der Waals surface area contributed by atoms with Gasteiger partial charge in [0.05, 0.1) is 6.42 Å². The zero-order chi connectivity index (χ0) is 23.8. The molecule has 2 saturated heterocycles. The molecule has 33 heavy (non-hydrogen) atoms. The number of amides is 3. The number of nitrogens with one attached hydrogen (secondary N) is 1. The van der Waals surface area contributed by atoms with E-state index in [1.165, 1.54) is 16.7 Å². The van der Waals surface area contributed by atoms with Gasteiger partial charge in [-0.05, 0) is 25.0 Å². The van der Waals surface area contributed by atoms with Gasteiger partial charge in [-0.3, -0.25) is 14.9 Å². The molecule has 2 aliphatic rings. The fraction of sp³-hybridized carbons (Fsp3) is 0.333. The van der Waals surface area contributed by atoms with Gasteiger partial charge in [-0.15, -0.1) is 11.8 Å². The maximum atomic E-state index is 13.0. The number of β-lactam (4-membered cyclic amide) rings is 1. The lowest BCUT2D eigenvalue weighted by Gasteiger charge is -2.49. The lowest BCUT2D eigenvalue weighted by Crippen LogP contribution is -2.74. The number of ether oxygens (including phenoxy) is 1. The van der Waals surface area contributed by atoms with Crippen molar-refractivity contribution in [3.05, 3.63) is 71.8 Å². The second-order valence-corrected chi connectivity index (χ2v) is 10.3. The van der Waals surface area contributed by atoms with E-state index in [0.717, 1.165) is 11.1 Å². The van der Waals surface area contributed by atoms with Crippen LogP contribution in [-0.4, -0.2) is 55.6 Å². The lowest BCUT2D eigenvalue weighted by molar-refractivity contribution is -0.180. The summed E-state index contributed by atoms with van der Waals surface area (Å²) < 4.78 is 4.41. The normalized spacial score (nSPS) is 25.0. The molecule has 0 saturated carbocycles. The maximum absolute atomic E-state index is 13.0. The first kappa shape index (κ1) is 22.8. The molecule has 2 aromatic rings. The Bertz CT molecular complexity index is 1090. The Balaban J connectivity index is 1.47. The molecule has 0 bridgehead atoms. The van der Waals surface area contributed by atoms with Crippen LogP contribution in [0.15, 0.2) is 60.7 Å². The van der Waals surface area contributed by atoms with Crippen molar-refractivity contribution in [3.63, 3.8) is 0 Å². The predicted octanol–water partition coefficient (Wildman–Crippen LogP) is 2.61. The third-order valence-electron chi connectivity index (χ3n) is 6.16. The van der Waals surface area contributed by atoms with Crippen molar-refractivity contribution in [2.24, 2.45) is 0 Å². The summed E-state index contributed by atoms with van der Waals surface area (Å²) in [7, 11) is 0. The quantitative estimate of drug-likeness (QED) is 0.627. The number of carboxylic acid groups (broad SMARTS) is 1. The number of rotatable bonds is 6. The number of hydrogen-bond donors (Lipinski definition) is 2. The first-order valence-corrected chi connectivity index (χ1v) is 11.4. The number of aliphatic carboxylic acids is 1. The van der Waals surface area contributed by atoms with Crippen molar-refractivity contribution >= 4 is 35.6 Å². The van der Waals surface area contributed by atoms with E-state index in [1.807, 2.05) is 36.4 Å². The average Bonchev–Trinajstić information content (AvgIpc) is 2.98. The second-order valence-electron chi connectivity index (χ2n) is 8.59. The van der Waals surface area contributed by atoms with Gasteiger partial charge in [-0.25, -0.2) is 9.59 Å². The Morgan fingerprint density at radius 1 is 1.03 bits per heavy atom. The van der Waals surface area contributed by atoms with Gasteiger partial charge in [-0.2, -0.15) is 0 Å². The molecule has 2 fully saturated rings. The molecule has 172 valence electrons. The van der Waals surface area contributed by atoms with Crippen molar-refractivity contribution in [1.29, 1.82) is 0 Å². The summed E-state index contributed by atoms with van der Waals surface area (Å²) in [4.78, 5) is 51.3. The number of carbonyl (C=O) groups excluding carboxylic acids is 3. The summed E-state index contributed by atoms with van der Waals surface area (Å²) in [5.74, 6) is -2.25. The number of hydrogen-bond acceptors (Lipinski definition) is 6. The van der Waals surface area contributed by atoms with Gasteiger partial charge in [0, 0.05) is 11.2 Å². The Morgan fingerprint density at radius 2 is 1.61 bits per heavy atom. The third kappa shape index (κ3) is 3.97. The number of alkyl carbamates (subject to hydrolysis) is 1. The van der Waals surface area contributed by atoms with E-state index in [0.29, 0.717) is 0 Å². The Kier molecular flexibility index (Phi) is 5.92. The Hall–Kier alpha value is -3.33. The average molecular weight is 469 g/mol. The van der Waals surface area contributed by atoms with Gasteiger partial charge in [0.1, 0.15) is 5.37 Å². The van der Waals surface area contributed by atoms with Crippen LogP contribution in [0, 0.1) is 0 Å². The molecule has 0 spiro atoms. The second kappa shape index (κ2) is 8.55. The van der Waals surface area contributed by atoms with E-state index in [9.17, 15) is 24.3 Å². The highest BCUT2D eigenvalue weighted by atomic mass is 32.2. The number of carboxylic acids is 1. The van der Waals surface area contributed by atoms with Crippen LogP contribution in [0.3, 0.4) is 0 Å². The maximum Gasteiger partial charge on any atom is 0.414 e. The van der Waals surface area contributed by atoms with Gasteiger partial charge < -0.3 is 14.7 Å². The molecule has 0 unspecified atom stereocenters. The van der Waals surface area contributed by atoms with Crippen LogP contribution >= 0.6 is 11.8 Å². The summed E-state index contributed by atoms with van der Waals surface area (Å²) in [6.07, 6.45) is -2.07. The van der Waals surface area contributed by atoms with E-state index in [4.69, 9.17) is 4.74 Å². The summed E-state index contributed by atoms with van der Waals surface area (Å²) in [5, 5.41) is 11.7. The van der Waals surface area contributed by atoms with Crippen LogP contribution in [0.4, 0.5) is 4.79 Å². The van der Waals surface area contributed by atoms with Crippen LogP contribution in [0.25, 0.3) is 0 Å². The first-order valence-electron chi connectivity index (χ1n) is 10.5. The summed E-state index contributed by atoms with van der Waals surface area (Å²) in [6, 6.07) is 18.0. The molecule has 2 aliphatic heterocycles. The molecule has 0 aromatic heterocycles. The third-order valence-corrected chi connectivity index (χ3v) is 7.78. The molecule has 2 aromatic carbocycles. The van der Waals surface area contributed by atoms with Crippen LogP contribution < -0.4 is 5.32 Å². The molecule has 4 rings (SSSR count). The van der Waals surface area contributed by atoms with Crippen LogP contribution in [0.1, 0.15) is 25.0 Å². The molecule has 3 atom stereocenters. The van der Waals surface area contributed by atoms with Crippen molar-refractivity contribution in [3.8, 4) is 0 Å². The minimum atomic E-state index is -1.50. The van der Waals surface area contributed by atoms with Crippen LogP contribution in [-0.2, 0) is 32.0 Å². The standard InChI is InChI=1S/C24H24N2O6S/c1-23(2)24(21(29)30,14-16-11-7-4-8-12-16)26-19(28)18(20(26)33-23)32-22(31)25-17(27)13-15-9-5-3-6-10-15/h3-12,18,20H,13-14H2,1-2H3,(H,29,30)(H,25,27,31)/t18-,20-,24+/m1/s1. The molecule has 2 heterocycles. The highest BCUT2D eigenvalue weighted by Crippen LogP contribution is 2.58. The molecule has 0 aliphatic carbocycles. The minimum Gasteiger partial charge on any atom is -0.479 e. The van der Waals surface area contributed by atoms with E-state index in [1.54, 1.807) is 38.1 Å². The summed E-state index contributed by atoms with van der Waals surface area (Å²) >= 11 is 1.28. The zero-order valence-electron chi connectivity index (χ0n) is 18.2. The predicted molar refractivity (Wildman–Crippen MR) is 121 cm³/mol. The van der Waals surface area contributed by atoms with Crippen molar-refractivity contribution in [2.75, 3.05) is 0 Å². The number of carbonyl (C=O) groups is 4. The lowest BCUT2D eigenvalue weighted by atomic mass is 9.76. The molecule has 8 nitrogen and oxygen atoms in total. The number of imide groups is 1. The Morgan fingerprint density at radius 3 is 2.18 bits per heavy atom. The van der Waals surface area contributed by atoms with E-state index < -0.39 is 45.6 Å². The topological polar surface area (TPSA) is 113 Å². The highest BCUT2D eigenvalue weighted by molar-refractivity contribution is 8.01. The fourth-order valence-corrected chi connectivity index (χ4v) is 6.21. The van der Waals surface area contributed by atoms with E-state index in [-0.39, 0.29) is 12.8 Å². The van der Waals surface area contributed by atoms with Gasteiger partial charge in [0.2, 0.25) is 12.0 Å². The van der Waals surface area contributed by atoms with Gasteiger partial charge >= 0.3 is 12.1 Å². The zero-order valence-corrected chi connectivity index (χ0v) is 19.0. The number of benzene rings is 2.